The van der Waals surface area contributed by atoms with Crippen molar-refractivity contribution in [2.75, 3.05) is 6.61 Å². The van der Waals surface area contributed by atoms with Crippen LogP contribution in [0.15, 0.2) is 23.8 Å². The number of hydrogen-bond acceptors (Lipinski definition) is 7. The van der Waals surface area contributed by atoms with Crippen LogP contribution in [0.1, 0.15) is 65.7 Å². The number of hydrogen-bond donors (Lipinski definition) is 0. The SMILES string of the molecule is CCCCCC(C=CC1=CC(=O)[C@H](OC(C)=O)[C@H]1OC(C)=O)OC1CCCCO1. The van der Waals surface area contributed by atoms with Crippen LogP contribution in [0, 0.1) is 0 Å². The molecule has 2 unspecified atom stereocenters. The Labute approximate surface area is 172 Å². The lowest BCUT2D eigenvalue weighted by molar-refractivity contribution is -0.179. The van der Waals surface area contributed by atoms with Gasteiger partial charge in [0.1, 0.15) is 0 Å². The average Bonchev–Trinajstić information content (AvgIpc) is 2.94. The summed E-state index contributed by atoms with van der Waals surface area (Å²) in [6, 6.07) is 0. The molecule has 1 aliphatic carbocycles. The van der Waals surface area contributed by atoms with Gasteiger partial charge in [0.05, 0.1) is 6.10 Å². The third kappa shape index (κ3) is 7.74. The number of unbranched alkanes of at least 4 members (excludes halogenated alkanes) is 2. The van der Waals surface area contributed by atoms with E-state index >= 15 is 0 Å². The molecular weight excluding hydrogens is 376 g/mol. The molecule has 0 aromatic heterocycles. The minimum Gasteiger partial charge on any atom is -0.453 e. The van der Waals surface area contributed by atoms with Crippen molar-refractivity contribution in [2.45, 2.75) is 90.3 Å². The number of carbonyl (C=O) groups is 3. The van der Waals surface area contributed by atoms with Crippen LogP contribution >= 0.6 is 0 Å². The van der Waals surface area contributed by atoms with Gasteiger partial charge in [0.15, 0.2) is 12.4 Å². The summed E-state index contributed by atoms with van der Waals surface area (Å²) in [6.07, 6.45) is 9.52. The standard InChI is InChI=1S/C22H32O7/c1-4-5-6-9-18(29-20-10-7-8-13-26-20)12-11-17-14-19(25)22(28-16(3)24)21(17)27-15(2)23/h11-12,14,18,20-22H,4-10,13H2,1-3H3/t18?,20?,21-,22-/m0/s1. The van der Waals surface area contributed by atoms with E-state index in [1.807, 2.05) is 6.08 Å². The zero-order valence-corrected chi connectivity index (χ0v) is 17.6. The summed E-state index contributed by atoms with van der Waals surface area (Å²) < 4.78 is 22.1. The van der Waals surface area contributed by atoms with Crippen molar-refractivity contribution < 1.29 is 33.3 Å². The molecular formula is C22H32O7. The lowest BCUT2D eigenvalue weighted by atomic mass is 10.1. The topological polar surface area (TPSA) is 88.1 Å². The van der Waals surface area contributed by atoms with E-state index in [0.717, 1.165) is 44.9 Å². The Bertz CT molecular complexity index is 631. The summed E-state index contributed by atoms with van der Waals surface area (Å²) in [5.74, 6) is -1.55. The Kier molecular flexibility index (Phi) is 9.54. The molecule has 2 aliphatic rings. The van der Waals surface area contributed by atoms with Crippen molar-refractivity contribution >= 4 is 17.7 Å². The molecule has 0 spiro atoms. The van der Waals surface area contributed by atoms with Crippen LogP contribution in [0.25, 0.3) is 0 Å². The van der Waals surface area contributed by atoms with Gasteiger partial charge in [0.25, 0.3) is 0 Å². The van der Waals surface area contributed by atoms with E-state index in [-0.39, 0.29) is 12.4 Å². The van der Waals surface area contributed by atoms with Crippen LogP contribution in [-0.2, 0) is 33.3 Å². The minimum absolute atomic E-state index is 0.175. The molecule has 7 nitrogen and oxygen atoms in total. The molecule has 7 heteroatoms. The molecule has 0 aromatic rings. The molecule has 0 amide bonds. The van der Waals surface area contributed by atoms with Crippen LogP contribution in [0.4, 0.5) is 0 Å². The molecule has 162 valence electrons. The summed E-state index contributed by atoms with van der Waals surface area (Å²) in [5, 5.41) is 0. The van der Waals surface area contributed by atoms with Crippen LogP contribution < -0.4 is 0 Å². The highest BCUT2D eigenvalue weighted by molar-refractivity contribution is 6.00. The highest BCUT2D eigenvalue weighted by Gasteiger charge is 2.40. The first kappa shape index (κ1) is 23.3. The van der Waals surface area contributed by atoms with Gasteiger partial charge < -0.3 is 18.9 Å². The van der Waals surface area contributed by atoms with E-state index in [9.17, 15) is 14.4 Å². The smallest absolute Gasteiger partial charge is 0.303 e. The predicted octanol–water partition coefficient (Wildman–Crippen LogP) is 3.41. The normalized spacial score (nSPS) is 25.7. The second-order valence-corrected chi connectivity index (χ2v) is 7.43. The Morgan fingerprint density at radius 3 is 2.52 bits per heavy atom. The fourth-order valence-electron chi connectivity index (χ4n) is 3.44. The van der Waals surface area contributed by atoms with E-state index in [0.29, 0.717) is 12.2 Å². The Balaban J connectivity index is 2.10. The minimum atomic E-state index is -1.14. The zero-order chi connectivity index (χ0) is 21.2. The first-order valence-electron chi connectivity index (χ1n) is 10.5. The van der Waals surface area contributed by atoms with Crippen molar-refractivity contribution in [3.05, 3.63) is 23.8 Å². The molecule has 2 rings (SSSR count). The predicted molar refractivity (Wildman–Crippen MR) is 106 cm³/mol. The van der Waals surface area contributed by atoms with Crippen molar-refractivity contribution in [3.8, 4) is 0 Å². The van der Waals surface area contributed by atoms with Gasteiger partial charge in [-0.15, -0.1) is 0 Å². The van der Waals surface area contributed by atoms with Gasteiger partial charge >= 0.3 is 11.9 Å². The molecule has 0 radical (unpaired) electrons. The Morgan fingerprint density at radius 2 is 1.90 bits per heavy atom. The van der Waals surface area contributed by atoms with Gasteiger partial charge in [-0.05, 0) is 31.8 Å². The van der Waals surface area contributed by atoms with Crippen LogP contribution in [0.5, 0.6) is 0 Å². The monoisotopic (exact) mass is 408 g/mol. The number of ketones is 1. The van der Waals surface area contributed by atoms with Crippen LogP contribution in [0.2, 0.25) is 0 Å². The highest BCUT2D eigenvalue weighted by Crippen LogP contribution is 2.26. The molecule has 1 saturated heterocycles. The molecule has 0 aromatic carbocycles. The molecule has 0 bridgehead atoms. The fraction of sp³-hybridized carbons (Fsp3) is 0.682. The van der Waals surface area contributed by atoms with E-state index in [4.69, 9.17) is 18.9 Å². The number of esters is 2. The van der Waals surface area contributed by atoms with Gasteiger partial charge in [-0.3, -0.25) is 14.4 Å². The van der Waals surface area contributed by atoms with Crippen LogP contribution in [-0.4, -0.2) is 48.9 Å². The second kappa shape index (κ2) is 11.9. The van der Waals surface area contributed by atoms with Crippen LogP contribution in [0.3, 0.4) is 0 Å². The largest absolute Gasteiger partial charge is 0.453 e. The average molecular weight is 408 g/mol. The quantitative estimate of drug-likeness (QED) is 0.404. The molecule has 1 aliphatic heterocycles. The third-order valence-electron chi connectivity index (χ3n) is 4.84. The third-order valence-corrected chi connectivity index (χ3v) is 4.84. The van der Waals surface area contributed by atoms with E-state index in [1.165, 1.54) is 19.9 Å². The highest BCUT2D eigenvalue weighted by atomic mass is 16.7. The maximum atomic E-state index is 12.3. The Hall–Kier alpha value is -1.99. The van der Waals surface area contributed by atoms with Gasteiger partial charge in [-0.1, -0.05) is 38.3 Å². The van der Waals surface area contributed by atoms with E-state index in [1.54, 1.807) is 6.08 Å². The van der Waals surface area contributed by atoms with Gasteiger partial charge in [0.2, 0.25) is 11.9 Å². The number of ether oxygens (including phenoxy) is 4. The molecule has 1 heterocycles. The van der Waals surface area contributed by atoms with Gasteiger partial charge in [0, 0.05) is 26.0 Å². The first-order chi connectivity index (χ1) is 13.9. The molecule has 29 heavy (non-hydrogen) atoms. The molecule has 1 fully saturated rings. The van der Waals surface area contributed by atoms with Crippen molar-refractivity contribution in [1.29, 1.82) is 0 Å². The van der Waals surface area contributed by atoms with Crippen molar-refractivity contribution in [2.24, 2.45) is 0 Å². The molecule has 4 atom stereocenters. The second-order valence-electron chi connectivity index (χ2n) is 7.43. The van der Waals surface area contributed by atoms with E-state index < -0.39 is 29.9 Å². The summed E-state index contributed by atoms with van der Waals surface area (Å²) >= 11 is 0. The molecule has 0 N–H and O–H groups in total. The van der Waals surface area contributed by atoms with Gasteiger partial charge in [-0.2, -0.15) is 0 Å². The lowest BCUT2D eigenvalue weighted by Gasteiger charge is -2.26. The van der Waals surface area contributed by atoms with Crippen molar-refractivity contribution in [3.63, 3.8) is 0 Å². The number of rotatable bonds is 10. The summed E-state index contributed by atoms with van der Waals surface area (Å²) in [4.78, 5) is 35.1. The fourth-order valence-corrected chi connectivity index (χ4v) is 3.44. The molecule has 0 saturated carbocycles. The Morgan fingerprint density at radius 1 is 1.17 bits per heavy atom. The summed E-state index contributed by atoms with van der Waals surface area (Å²) in [7, 11) is 0. The zero-order valence-electron chi connectivity index (χ0n) is 17.6. The maximum Gasteiger partial charge on any atom is 0.303 e. The maximum absolute atomic E-state index is 12.3. The van der Waals surface area contributed by atoms with Gasteiger partial charge in [-0.25, -0.2) is 0 Å². The van der Waals surface area contributed by atoms with Crippen molar-refractivity contribution in [1.82, 2.24) is 0 Å². The lowest BCUT2D eigenvalue weighted by Crippen LogP contribution is -2.36. The number of carbonyl (C=O) groups excluding carboxylic acids is 3. The summed E-state index contributed by atoms with van der Waals surface area (Å²) in [6.45, 7) is 5.32. The van der Waals surface area contributed by atoms with E-state index in [2.05, 4.69) is 6.92 Å². The summed E-state index contributed by atoms with van der Waals surface area (Å²) in [5.41, 5.74) is 0.491. The first-order valence-corrected chi connectivity index (χ1v) is 10.5.